The molecule has 0 saturated carbocycles. The zero-order chi connectivity index (χ0) is 11.2. The van der Waals surface area contributed by atoms with Crippen LogP contribution in [0.25, 0.3) is 0 Å². The van der Waals surface area contributed by atoms with Gasteiger partial charge < -0.3 is 10.6 Å². The lowest BCUT2D eigenvalue weighted by Crippen LogP contribution is -2.31. The number of benzene rings is 1. The lowest BCUT2D eigenvalue weighted by atomic mass is 10.1. The van der Waals surface area contributed by atoms with Gasteiger partial charge in [0.05, 0.1) is 0 Å². The minimum atomic E-state index is 0.577. The lowest BCUT2D eigenvalue weighted by molar-refractivity contribution is -0.109. The second-order valence-electron chi connectivity index (χ2n) is 4.25. The molecular formula is C13H18N2O. The molecule has 1 amide bonds. The molecule has 2 rings (SSSR count). The highest BCUT2D eigenvalue weighted by Crippen LogP contribution is 2.21. The monoisotopic (exact) mass is 218 g/mol. The third-order valence-electron chi connectivity index (χ3n) is 3.07. The first-order valence-corrected chi connectivity index (χ1v) is 5.87. The molecule has 0 aromatic heterocycles. The Bertz CT molecular complexity index is 327. The summed E-state index contributed by atoms with van der Waals surface area (Å²) in [6.45, 7) is 1.73. The van der Waals surface area contributed by atoms with Crippen molar-refractivity contribution in [2.75, 3.05) is 13.1 Å². The average molecular weight is 218 g/mol. The van der Waals surface area contributed by atoms with Gasteiger partial charge in [0.15, 0.2) is 0 Å². The molecule has 0 heterocycles. The van der Waals surface area contributed by atoms with Gasteiger partial charge in [-0.3, -0.25) is 4.79 Å². The Morgan fingerprint density at radius 2 is 1.88 bits per heavy atom. The SMILES string of the molecule is O=CNCCCNC1Cc2ccccc2C1. The molecule has 0 bridgehead atoms. The number of hydrogen-bond donors (Lipinski definition) is 2. The molecule has 1 aromatic rings. The summed E-state index contributed by atoms with van der Waals surface area (Å²) >= 11 is 0. The van der Waals surface area contributed by atoms with Gasteiger partial charge in [-0.2, -0.15) is 0 Å². The molecule has 0 fully saturated rings. The fourth-order valence-corrected chi connectivity index (χ4v) is 2.26. The molecule has 3 nitrogen and oxygen atoms in total. The third-order valence-corrected chi connectivity index (χ3v) is 3.07. The number of nitrogens with one attached hydrogen (secondary N) is 2. The molecule has 86 valence electrons. The van der Waals surface area contributed by atoms with Gasteiger partial charge >= 0.3 is 0 Å². The van der Waals surface area contributed by atoms with E-state index < -0.39 is 0 Å². The van der Waals surface area contributed by atoms with Gasteiger partial charge in [0.25, 0.3) is 0 Å². The minimum Gasteiger partial charge on any atom is -0.359 e. The maximum atomic E-state index is 10.0. The Balaban J connectivity index is 1.69. The summed E-state index contributed by atoms with van der Waals surface area (Å²) < 4.78 is 0. The van der Waals surface area contributed by atoms with Gasteiger partial charge in [0.1, 0.15) is 0 Å². The van der Waals surface area contributed by atoms with Crippen LogP contribution < -0.4 is 10.6 Å². The quantitative estimate of drug-likeness (QED) is 0.550. The van der Waals surface area contributed by atoms with Crippen LogP contribution in [0.4, 0.5) is 0 Å². The fraction of sp³-hybridized carbons (Fsp3) is 0.462. The van der Waals surface area contributed by atoms with Gasteiger partial charge in [0.2, 0.25) is 6.41 Å². The van der Waals surface area contributed by atoms with E-state index in [0.29, 0.717) is 6.04 Å². The van der Waals surface area contributed by atoms with E-state index in [9.17, 15) is 4.79 Å². The van der Waals surface area contributed by atoms with Crippen molar-refractivity contribution in [3.63, 3.8) is 0 Å². The van der Waals surface area contributed by atoms with E-state index in [4.69, 9.17) is 0 Å². The largest absolute Gasteiger partial charge is 0.359 e. The van der Waals surface area contributed by atoms with E-state index in [1.54, 1.807) is 0 Å². The zero-order valence-electron chi connectivity index (χ0n) is 9.41. The first-order valence-electron chi connectivity index (χ1n) is 5.87. The molecule has 0 radical (unpaired) electrons. The molecule has 0 atom stereocenters. The Morgan fingerprint density at radius 1 is 1.19 bits per heavy atom. The van der Waals surface area contributed by atoms with Crippen LogP contribution in [0, 0.1) is 0 Å². The Kier molecular flexibility index (Phi) is 3.94. The van der Waals surface area contributed by atoms with Crippen molar-refractivity contribution in [2.24, 2.45) is 0 Å². The van der Waals surface area contributed by atoms with Crippen LogP contribution in [0.15, 0.2) is 24.3 Å². The summed E-state index contributed by atoms with van der Waals surface area (Å²) in [4.78, 5) is 10.0. The predicted octanol–water partition coefficient (Wildman–Crippen LogP) is 0.879. The zero-order valence-corrected chi connectivity index (χ0v) is 9.41. The van der Waals surface area contributed by atoms with Gasteiger partial charge in [-0.05, 0) is 36.9 Å². The summed E-state index contributed by atoms with van der Waals surface area (Å²) in [5, 5.41) is 6.20. The highest BCUT2D eigenvalue weighted by atomic mass is 16.1. The van der Waals surface area contributed by atoms with Crippen LogP contribution in [-0.4, -0.2) is 25.5 Å². The third kappa shape index (κ3) is 2.83. The number of rotatable bonds is 6. The van der Waals surface area contributed by atoms with E-state index in [0.717, 1.165) is 38.8 Å². The first kappa shape index (κ1) is 11.1. The minimum absolute atomic E-state index is 0.577. The Hall–Kier alpha value is -1.35. The summed E-state index contributed by atoms with van der Waals surface area (Å²) in [7, 11) is 0. The van der Waals surface area contributed by atoms with Crippen LogP contribution >= 0.6 is 0 Å². The molecule has 16 heavy (non-hydrogen) atoms. The van der Waals surface area contributed by atoms with Crippen molar-refractivity contribution in [1.29, 1.82) is 0 Å². The van der Waals surface area contributed by atoms with E-state index in [-0.39, 0.29) is 0 Å². The highest BCUT2D eigenvalue weighted by molar-refractivity contribution is 5.45. The van der Waals surface area contributed by atoms with E-state index >= 15 is 0 Å². The fourth-order valence-electron chi connectivity index (χ4n) is 2.26. The molecule has 0 spiro atoms. The van der Waals surface area contributed by atoms with Crippen molar-refractivity contribution in [1.82, 2.24) is 10.6 Å². The number of carbonyl (C=O) groups is 1. The topological polar surface area (TPSA) is 41.1 Å². The maximum Gasteiger partial charge on any atom is 0.207 e. The van der Waals surface area contributed by atoms with Crippen molar-refractivity contribution >= 4 is 6.41 Å². The van der Waals surface area contributed by atoms with Crippen LogP contribution in [-0.2, 0) is 17.6 Å². The Labute approximate surface area is 96.2 Å². The van der Waals surface area contributed by atoms with Crippen LogP contribution in [0.3, 0.4) is 0 Å². The van der Waals surface area contributed by atoms with Crippen molar-refractivity contribution in [3.8, 4) is 0 Å². The van der Waals surface area contributed by atoms with Gasteiger partial charge in [-0.15, -0.1) is 0 Å². The summed E-state index contributed by atoms with van der Waals surface area (Å²) in [5.74, 6) is 0. The van der Waals surface area contributed by atoms with E-state index in [1.165, 1.54) is 11.1 Å². The summed E-state index contributed by atoms with van der Waals surface area (Å²) in [6, 6.07) is 9.22. The second kappa shape index (κ2) is 5.66. The maximum absolute atomic E-state index is 10.0. The molecule has 1 aromatic carbocycles. The smallest absolute Gasteiger partial charge is 0.207 e. The van der Waals surface area contributed by atoms with Gasteiger partial charge in [-0.25, -0.2) is 0 Å². The van der Waals surface area contributed by atoms with Crippen LogP contribution in [0.5, 0.6) is 0 Å². The summed E-state index contributed by atoms with van der Waals surface area (Å²) in [6.07, 6.45) is 4.02. The predicted molar refractivity (Wildman–Crippen MR) is 64.3 cm³/mol. The molecule has 0 unspecified atom stereocenters. The van der Waals surface area contributed by atoms with Crippen LogP contribution in [0.2, 0.25) is 0 Å². The summed E-state index contributed by atoms with van der Waals surface area (Å²) in [5.41, 5.74) is 2.96. The number of carbonyl (C=O) groups excluding carboxylic acids is 1. The highest BCUT2D eigenvalue weighted by Gasteiger charge is 2.19. The average Bonchev–Trinajstić information content (AvgIpc) is 2.71. The molecule has 1 aliphatic rings. The van der Waals surface area contributed by atoms with E-state index in [1.807, 2.05) is 0 Å². The molecular weight excluding hydrogens is 200 g/mol. The normalized spacial score (nSPS) is 14.8. The number of amides is 1. The van der Waals surface area contributed by atoms with Crippen molar-refractivity contribution in [3.05, 3.63) is 35.4 Å². The van der Waals surface area contributed by atoms with E-state index in [2.05, 4.69) is 34.9 Å². The molecule has 0 saturated heterocycles. The standard InChI is InChI=1S/C13H18N2O/c16-10-14-6-3-7-15-13-8-11-4-1-2-5-12(11)9-13/h1-2,4-5,10,13,15H,3,6-9H2,(H,14,16). The van der Waals surface area contributed by atoms with Gasteiger partial charge in [-0.1, -0.05) is 24.3 Å². The van der Waals surface area contributed by atoms with Gasteiger partial charge in [0, 0.05) is 12.6 Å². The Morgan fingerprint density at radius 3 is 2.50 bits per heavy atom. The molecule has 2 N–H and O–H groups in total. The molecule has 0 aliphatic heterocycles. The number of hydrogen-bond acceptors (Lipinski definition) is 2. The lowest BCUT2D eigenvalue weighted by Gasteiger charge is -2.11. The number of fused-ring (bicyclic) bond motifs is 1. The second-order valence-corrected chi connectivity index (χ2v) is 4.25. The molecule has 3 heteroatoms. The first-order chi connectivity index (χ1) is 7.90. The van der Waals surface area contributed by atoms with Crippen molar-refractivity contribution in [2.45, 2.75) is 25.3 Å². The molecule has 1 aliphatic carbocycles. The van der Waals surface area contributed by atoms with Crippen LogP contribution in [0.1, 0.15) is 17.5 Å². The van der Waals surface area contributed by atoms with Crippen molar-refractivity contribution < 1.29 is 4.79 Å².